The van der Waals surface area contributed by atoms with Crippen LogP contribution in [0.25, 0.3) is 0 Å². The number of aliphatic hydroxyl groups excluding tert-OH is 1. The van der Waals surface area contributed by atoms with Gasteiger partial charge in [0.25, 0.3) is 5.91 Å². The highest BCUT2D eigenvalue weighted by molar-refractivity contribution is 6.30. The molecule has 0 bridgehead atoms. The molecule has 4 saturated heterocycles. The summed E-state index contributed by atoms with van der Waals surface area (Å²) in [6, 6.07) is 17.9. The minimum absolute atomic E-state index is 0.00488. The third-order valence-electron chi connectivity index (χ3n) is 18.8. The maximum absolute atomic E-state index is 14.8. The fraction of sp³-hybridized carbons (Fsp3) is 0.591. The molecule has 5 amide bonds. The van der Waals surface area contributed by atoms with Crippen molar-refractivity contribution in [3.63, 3.8) is 0 Å². The number of ether oxygens (including phenoxy) is 1. The minimum Gasteiger partial charge on any atom is -0.444 e. The van der Waals surface area contributed by atoms with Crippen molar-refractivity contribution in [3.8, 4) is 0 Å². The van der Waals surface area contributed by atoms with E-state index >= 15 is 0 Å². The van der Waals surface area contributed by atoms with E-state index in [2.05, 4.69) is 37.3 Å². The second-order valence-corrected chi connectivity index (χ2v) is 26.5. The Balaban J connectivity index is 0.694. The lowest BCUT2D eigenvalue weighted by Gasteiger charge is -2.40. The smallest absolute Gasteiger partial charge is 0.411 e. The zero-order valence-corrected chi connectivity index (χ0v) is 51.3. The first kappa shape index (κ1) is 62.8. The number of hydrogen-bond acceptors (Lipinski definition) is 12. The minimum atomic E-state index is -0.873. The number of fused-ring (bicyclic) bond motifs is 1. The van der Waals surface area contributed by atoms with Gasteiger partial charge in [-0.3, -0.25) is 24.1 Å². The number of aromatic nitrogens is 2. The quantitative estimate of drug-likeness (QED) is 0.0913. The van der Waals surface area contributed by atoms with Gasteiger partial charge in [-0.25, -0.2) is 23.5 Å². The molecule has 0 spiro atoms. The molecule has 5 heterocycles. The second-order valence-electron chi connectivity index (χ2n) is 26.0. The molecule has 3 N–H and O–H groups in total. The number of rotatable bonds is 17. The number of piperazine rings is 1. The van der Waals surface area contributed by atoms with Gasteiger partial charge in [-0.05, 0) is 151 Å². The number of benzene rings is 3. The van der Waals surface area contributed by atoms with Crippen molar-refractivity contribution in [2.24, 2.45) is 11.8 Å². The third kappa shape index (κ3) is 15.7. The van der Waals surface area contributed by atoms with Crippen LogP contribution in [0.2, 0.25) is 5.02 Å². The number of anilines is 1. The zero-order chi connectivity index (χ0) is 60.6. The summed E-state index contributed by atoms with van der Waals surface area (Å²) in [6.07, 6.45) is 10.9. The SMILES string of the molecule is C[C@@H]1C[C@@H](O)c2ncnc(N3CCN(C(=O)[C@H](CNC4CCN(CC5CCN(C(=O)[C@H](NC(=O)c6cccc(C7CCCN(C(=O)CN(Cc8ccc(F)cc8F)C(=O)OC(C)(C)C)C7)c6)C6CCCCC6)CC5)CC4)c4ccc(Cl)cc4)CC3)c21. The Morgan fingerprint density at radius 2 is 1.51 bits per heavy atom. The van der Waals surface area contributed by atoms with Crippen LogP contribution in [-0.4, -0.2) is 172 Å². The molecule has 2 aliphatic carbocycles. The number of carbonyl (C=O) groups excluding carboxylic acids is 5. The Morgan fingerprint density at radius 3 is 2.22 bits per heavy atom. The molecule has 464 valence electrons. The normalized spacial score (nSPS) is 21.8. The van der Waals surface area contributed by atoms with E-state index in [0.29, 0.717) is 88.2 Å². The summed E-state index contributed by atoms with van der Waals surface area (Å²) in [5.74, 6) is -1.03. The number of nitrogens with zero attached hydrogens (tertiary/aromatic N) is 8. The number of halogens is 3. The Labute approximate surface area is 510 Å². The Kier molecular flexibility index (Phi) is 20.6. The van der Waals surface area contributed by atoms with Crippen LogP contribution in [0.4, 0.5) is 19.4 Å². The highest BCUT2D eigenvalue weighted by atomic mass is 35.5. The van der Waals surface area contributed by atoms with E-state index in [1.807, 2.05) is 52.3 Å². The summed E-state index contributed by atoms with van der Waals surface area (Å²) in [5, 5.41) is 18.3. The molecule has 10 rings (SSSR count). The first-order valence-corrected chi connectivity index (χ1v) is 31.9. The van der Waals surface area contributed by atoms with Crippen LogP contribution in [0.3, 0.4) is 0 Å². The van der Waals surface area contributed by atoms with Gasteiger partial charge < -0.3 is 45.0 Å². The summed E-state index contributed by atoms with van der Waals surface area (Å²) in [6.45, 7) is 14.5. The predicted molar refractivity (Wildman–Crippen MR) is 326 cm³/mol. The lowest BCUT2D eigenvalue weighted by Crippen LogP contribution is -2.54. The molecule has 4 aliphatic heterocycles. The van der Waals surface area contributed by atoms with Crippen LogP contribution in [0.1, 0.15) is 167 Å². The molecule has 1 unspecified atom stereocenters. The first-order chi connectivity index (χ1) is 41.3. The van der Waals surface area contributed by atoms with Crippen molar-refractivity contribution in [2.75, 3.05) is 90.0 Å². The molecule has 1 aromatic heterocycles. The van der Waals surface area contributed by atoms with Gasteiger partial charge in [-0.15, -0.1) is 0 Å². The third-order valence-corrected chi connectivity index (χ3v) is 19.1. The van der Waals surface area contributed by atoms with E-state index in [4.69, 9.17) is 16.3 Å². The maximum Gasteiger partial charge on any atom is 0.411 e. The fourth-order valence-electron chi connectivity index (χ4n) is 14.0. The average Bonchev–Trinajstić information content (AvgIpc) is 1.94. The lowest BCUT2D eigenvalue weighted by atomic mass is 9.82. The first-order valence-electron chi connectivity index (χ1n) is 31.5. The van der Waals surface area contributed by atoms with Gasteiger partial charge in [-0.2, -0.15) is 0 Å². The molecule has 4 aromatic rings. The number of hydrogen-bond donors (Lipinski definition) is 3. The van der Waals surface area contributed by atoms with Crippen LogP contribution < -0.4 is 15.5 Å². The van der Waals surface area contributed by atoms with Crippen LogP contribution in [0.5, 0.6) is 0 Å². The van der Waals surface area contributed by atoms with Gasteiger partial charge in [0.05, 0.1) is 24.3 Å². The molecule has 3 aromatic carbocycles. The van der Waals surface area contributed by atoms with Gasteiger partial charge >= 0.3 is 6.09 Å². The van der Waals surface area contributed by atoms with E-state index in [1.54, 1.807) is 38.1 Å². The van der Waals surface area contributed by atoms with E-state index < -0.39 is 35.5 Å². The van der Waals surface area contributed by atoms with E-state index in [9.17, 15) is 37.9 Å². The van der Waals surface area contributed by atoms with Crippen molar-refractivity contribution in [1.82, 2.24) is 45.1 Å². The second kappa shape index (κ2) is 28.3. The predicted octanol–water partition coefficient (Wildman–Crippen LogP) is 9.20. The summed E-state index contributed by atoms with van der Waals surface area (Å²) in [4.78, 5) is 91.3. The van der Waals surface area contributed by atoms with Crippen molar-refractivity contribution in [1.29, 1.82) is 0 Å². The molecule has 86 heavy (non-hydrogen) atoms. The van der Waals surface area contributed by atoms with Gasteiger partial charge in [-0.1, -0.05) is 68.1 Å². The summed E-state index contributed by atoms with van der Waals surface area (Å²) in [5.41, 5.74) is 3.22. The van der Waals surface area contributed by atoms with E-state index in [1.165, 1.54) is 6.07 Å². The molecular weight excluding hydrogens is 1120 g/mol. The van der Waals surface area contributed by atoms with Crippen LogP contribution >= 0.6 is 11.6 Å². The monoisotopic (exact) mass is 1200 g/mol. The van der Waals surface area contributed by atoms with Crippen LogP contribution in [0, 0.1) is 23.5 Å². The van der Waals surface area contributed by atoms with Crippen LogP contribution in [-0.2, 0) is 25.7 Å². The number of nitrogens with one attached hydrogen (secondary N) is 2. The molecule has 5 fully saturated rings. The largest absolute Gasteiger partial charge is 0.444 e. The van der Waals surface area contributed by atoms with Crippen molar-refractivity contribution >= 4 is 47.1 Å². The Morgan fingerprint density at radius 1 is 0.791 bits per heavy atom. The number of amides is 5. The number of likely N-dealkylation sites (tertiary alicyclic amines) is 3. The fourth-order valence-corrected chi connectivity index (χ4v) is 14.1. The molecule has 20 heteroatoms. The van der Waals surface area contributed by atoms with Gasteiger partial charge in [0.2, 0.25) is 17.7 Å². The lowest BCUT2D eigenvalue weighted by molar-refractivity contribution is -0.136. The van der Waals surface area contributed by atoms with Crippen LogP contribution in [0.15, 0.2) is 73.1 Å². The topological polar surface area (TPSA) is 184 Å². The number of aliphatic hydroxyl groups is 1. The molecule has 5 atom stereocenters. The van der Waals surface area contributed by atoms with E-state index in [0.717, 1.165) is 129 Å². The summed E-state index contributed by atoms with van der Waals surface area (Å²) in [7, 11) is 0. The molecule has 6 aliphatic rings. The summed E-state index contributed by atoms with van der Waals surface area (Å²) < 4.78 is 34.1. The molecule has 1 saturated carbocycles. The Hall–Kier alpha value is -6.28. The average molecular weight is 1210 g/mol. The summed E-state index contributed by atoms with van der Waals surface area (Å²) >= 11 is 6.33. The van der Waals surface area contributed by atoms with E-state index in [-0.39, 0.29) is 72.0 Å². The number of piperidine rings is 3. The van der Waals surface area contributed by atoms with Gasteiger partial charge in [0.1, 0.15) is 42.0 Å². The molecule has 17 nitrogen and oxygen atoms in total. The maximum atomic E-state index is 14.8. The standard InChI is InChI=1S/C66H87ClF2N10O7/c1-43-34-56(80)60-58(43)61(72-42-71-60)75-30-32-77(33-31-75)63(83)54(45-15-18-51(67)19-16-45)37-70-53-23-26-74(27-24-53)38-44-21-28-76(29-22-44)64(84)59(46-10-6-5-7-11-46)73-62(82)48-13-8-12-47(35-48)49-14-9-25-78(39-49)57(81)41-79(65(85)86-66(2,3)4)40-50-17-20-52(68)36-55(50)69/h8,12-13,15-20,35-36,42-44,46,49,53-54,56,59,70,80H,5-7,9-11,14,21-34,37-41H2,1-4H3,(H,73,82)/t43-,49?,54-,56-,59-/m1/s1. The molecular formula is C66H87ClF2N10O7. The van der Waals surface area contributed by atoms with Gasteiger partial charge in [0, 0.05) is 105 Å². The number of carbonyl (C=O) groups is 5. The van der Waals surface area contributed by atoms with Crippen molar-refractivity contribution in [3.05, 3.63) is 123 Å². The van der Waals surface area contributed by atoms with Crippen molar-refractivity contribution in [2.45, 2.75) is 153 Å². The highest BCUT2D eigenvalue weighted by Crippen LogP contribution is 2.43. The zero-order valence-electron chi connectivity index (χ0n) is 50.5. The highest BCUT2D eigenvalue weighted by Gasteiger charge is 2.39. The molecule has 0 radical (unpaired) electrons. The Bertz CT molecular complexity index is 3010. The van der Waals surface area contributed by atoms with Crippen molar-refractivity contribution < 1.29 is 42.6 Å². The van der Waals surface area contributed by atoms with Gasteiger partial charge in [0.15, 0.2) is 0 Å².